The summed E-state index contributed by atoms with van der Waals surface area (Å²) in [5.41, 5.74) is 6.82. The summed E-state index contributed by atoms with van der Waals surface area (Å²) in [6.07, 6.45) is -1.06. The summed E-state index contributed by atoms with van der Waals surface area (Å²) < 4.78 is 0. The number of nitrogens with zero attached hydrogens (tertiary/aromatic N) is 1. The van der Waals surface area contributed by atoms with Crippen molar-refractivity contribution in [2.24, 2.45) is 0 Å². The molecule has 1 atom stereocenters. The molecule has 5 nitrogen and oxygen atoms in total. The topological polar surface area (TPSA) is 89.4 Å². The Morgan fingerprint density at radius 2 is 1.89 bits per heavy atom. The third-order valence-electron chi connectivity index (χ3n) is 2.65. The summed E-state index contributed by atoms with van der Waals surface area (Å²) in [7, 11) is 0. The summed E-state index contributed by atoms with van der Waals surface area (Å²) in [6, 6.07) is 12.8. The van der Waals surface area contributed by atoms with E-state index in [9.17, 15) is 15.2 Å². The van der Waals surface area contributed by atoms with Crippen LogP contribution in [0.15, 0.2) is 48.5 Å². The van der Waals surface area contributed by atoms with Gasteiger partial charge in [-0.25, -0.2) is 0 Å². The second-order valence-electron chi connectivity index (χ2n) is 3.89. The van der Waals surface area contributed by atoms with E-state index in [-0.39, 0.29) is 11.3 Å². The van der Waals surface area contributed by atoms with E-state index in [4.69, 9.17) is 5.73 Å². The van der Waals surface area contributed by atoms with Gasteiger partial charge in [0, 0.05) is 11.8 Å². The van der Waals surface area contributed by atoms with Crippen LogP contribution in [0.1, 0.15) is 17.2 Å². The molecule has 3 N–H and O–H groups in total. The third-order valence-corrected chi connectivity index (χ3v) is 2.65. The summed E-state index contributed by atoms with van der Waals surface area (Å²) in [5, 5.41) is 21.1. The zero-order valence-electron chi connectivity index (χ0n) is 9.48. The number of nitro benzene ring substituents is 1. The molecule has 0 amide bonds. The minimum absolute atomic E-state index is 0.104. The van der Waals surface area contributed by atoms with Crippen LogP contribution in [0.5, 0.6) is 0 Å². The van der Waals surface area contributed by atoms with Gasteiger partial charge in [0.05, 0.1) is 10.5 Å². The Kier molecular flexibility index (Phi) is 3.25. The lowest BCUT2D eigenvalue weighted by Gasteiger charge is -2.12. The van der Waals surface area contributed by atoms with Crippen molar-refractivity contribution in [2.45, 2.75) is 6.10 Å². The number of aliphatic hydroxyl groups excluding tert-OH is 1. The second kappa shape index (κ2) is 4.85. The van der Waals surface area contributed by atoms with Crippen LogP contribution >= 0.6 is 0 Å². The molecule has 18 heavy (non-hydrogen) atoms. The van der Waals surface area contributed by atoms with Gasteiger partial charge in [0.25, 0.3) is 5.69 Å². The highest BCUT2D eigenvalue weighted by Gasteiger charge is 2.20. The fourth-order valence-electron chi connectivity index (χ4n) is 1.79. The van der Waals surface area contributed by atoms with Gasteiger partial charge >= 0.3 is 0 Å². The van der Waals surface area contributed by atoms with Gasteiger partial charge in [-0.2, -0.15) is 0 Å². The third kappa shape index (κ3) is 2.31. The zero-order valence-corrected chi connectivity index (χ0v) is 9.48. The van der Waals surface area contributed by atoms with Crippen LogP contribution in [0.3, 0.4) is 0 Å². The number of nitro groups is 1. The van der Waals surface area contributed by atoms with Crippen molar-refractivity contribution in [3.8, 4) is 0 Å². The van der Waals surface area contributed by atoms with Crippen molar-refractivity contribution in [2.75, 3.05) is 5.73 Å². The molecule has 0 aliphatic rings. The maximum absolute atomic E-state index is 10.9. The van der Waals surface area contributed by atoms with E-state index < -0.39 is 11.0 Å². The van der Waals surface area contributed by atoms with Gasteiger partial charge in [0.2, 0.25) is 0 Å². The van der Waals surface area contributed by atoms with E-state index >= 15 is 0 Å². The van der Waals surface area contributed by atoms with Gasteiger partial charge in [-0.15, -0.1) is 0 Å². The predicted molar refractivity (Wildman–Crippen MR) is 68.0 cm³/mol. The van der Waals surface area contributed by atoms with E-state index in [1.54, 1.807) is 36.4 Å². The first-order valence-electron chi connectivity index (χ1n) is 5.36. The zero-order chi connectivity index (χ0) is 13.1. The second-order valence-corrected chi connectivity index (χ2v) is 3.89. The first-order valence-corrected chi connectivity index (χ1v) is 5.36. The molecule has 2 aromatic rings. The van der Waals surface area contributed by atoms with Crippen LogP contribution in [-0.4, -0.2) is 10.0 Å². The Morgan fingerprint density at radius 1 is 1.17 bits per heavy atom. The van der Waals surface area contributed by atoms with E-state index in [0.717, 1.165) is 0 Å². The van der Waals surface area contributed by atoms with Crippen LogP contribution in [0.4, 0.5) is 11.4 Å². The Hall–Kier alpha value is -2.40. The van der Waals surface area contributed by atoms with Crippen molar-refractivity contribution in [1.29, 1.82) is 0 Å². The number of hydrogen-bond donors (Lipinski definition) is 2. The fourth-order valence-corrected chi connectivity index (χ4v) is 1.79. The van der Waals surface area contributed by atoms with Gasteiger partial charge in [0.15, 0.2) is 0 Å². The molecule has 1 unspecified atom stereocenters. The molecule has 2 aromatic carbocycles. The van der Waals surface area contributed by atoms with Crippen molar-refractivity contribution in [3.05, 3.63) is 69.8 Å². The molecule has 0 aromatic heterocycles. The molecule has 0 heterocycles. The number of nitrogens with two attached hydrogens (primary N) is 1. The lowest BCUT2D eigenvalue weighted by atomic mass is 10.00. The minimum atomic E-state index is -1.06. The van der Waals surface area contributed by atoms with Gasteiger partial charge in [-0.1, -0.05) is 24.3 Å². The Bertz CT molecular complexity index is 584. The van der Waals surface area contributed by atoms with Crippen molar-refractivity contribution < 1.29 is 10.0 Å². The number of benzene rings is 2. The molecule has 0 bridgehead atoms. The van der Waals surface area contributed by atoms with E-state index in [0.29, 0.717) is 11.3 Å². The van der Waals surface area contributed by atoms with Crippen LogP contribution in [-0.2, 0) is 0 Å². The number of para-hydroxylation sites is 1. The van der Waals surface area contributed by atoms with Crippen molar-refractivity contribution in [1.82, 2.24) is 0 Å². The smallest absolute Gasteiger partial charge is 0.275 e. The maximum Gasteiger partial charge on any atom is 0.275 e. The molecule has 5 heteroatoms. The first-order chi connectivity index (χ1) is 8.59. The number of rotatable bonds is 3. The molecule has 92 valence electrons. The Labute approximate surface area is 104 Å². The summed E-state index contributed by atoms with van der Waals surface area (Å²) >= 11 is 0. The highest BCUT2D eigenvalue weighted by atomic mass is 16.6. The quantitative estimate of drug-likeness (QED) is 0.492. The number of hydrogen-bond acceptors (Lipinski definition) is 4. The summed E-state index contributed by atoms with van der Waals surface area (Å²) in [4.78, 5) is 10.4. The van der Waals surface area contributed by atoms with Gasteiger partial charge in [-0.05, 0) is 23.8 Å². The molecule has 0 saturated carbocycles. The molecule has 2 rings (SSSR count). The molecular weight excluding hydrogens is 232 g/mol. The fraction of sp³-hybridized carbons (Fsp3) is 0.0769. The summed E-state index contributed by atoms with van der Waals surface area (Å²) in [5.74, 6) is 0. The minimum Gasteiger partial charge on any atom is -0.399 e. The molecule has 0 radical (unpaired) electrons. The Morgan fingerprint density at radius 3 is 2.56 bits per heavy atom. The van der Waals surface area contributed by atoms with Gasteiger partial charge < -0.3 is 10.8 Å². The standard InChI is InChI=1S/C13H12N2O3/c14-10-5-3-4-9(8-10)13(16)11-6-1-2-7-12(11)15(17)18/h1-8,13,16H,14H2. The van der Waals surface area contributed by atoms with Crippen LogP contribution < -0.4 is 5.73 Å². The lowest BCUT2D eigenvalue weighted by molar-refractivity contribution is -0.386. The monoisotopic (exact) mass is 244 g/mol. The molecule has 0 spiro atoms. The van der Waals surface area contributed by atoms with Crippen LogP contribution in [0.25, 0.3) is 0 Å². The Balaban J connectivity index is 2.46. The van der Waals surface area contributed by atoms with Crippen molar-refractivity contribution in [3.63, 3.8) is 0 Å². The largest absolute Gasteiger partial charge is 0.399 e. The number of nitrogen functional groups attached to an aromatic ring is 1. The molecular formula is C13H12N2O3. The number of aliphatic hydroxyl groups is 1. The first kappa shape index (κ1) is 12.1. The lowest BCUT2D eigenvalue weighted by Crippen LogP contribution is -2.04. The average molecular weight is 244 g/mol. The average Bonchev–Trinajstić information content (AvgIpc) is 2.38. The highest BCUT2D eigenvalue weighted by molar-refractivity contribution is 5.48. The molecule has 0 aliphatic heterocycles. The van der Waals surface area contributed by atoms with E-state index in [1.807, 2.05) is 0 Å². The normalized spacial score (nSPS) is 12.1. The van der Waals surface area contributed by atoms with E-state index in [2.05, 4.69) is 0 Å². The SMILES string of the molecule is Nc1cccc(C(O)c2ccccc2[N+](=O)[O-])c1. The van der Waals surface area contributed by atoms with Crippen LogP contribution in [0, 0.1) is 10.1 Å². The summed E-state index contributed by atoms with van der Waals surface area (Å²) in [6.45, 7) is 0. The van der Waals surface area contributed by atoms with E-state index in [1.165, 1.54) is 12.1 Å². The highest BCUT2D eigenvalue weighted by Crippen LogP contribution is 2.30. The maximum atomic E-state index is 10.9. The predicted octanol–water partition coefficient (Wildman–Crippen LogP) is 2.26. The molecule has 0 saturated heterocycles. The molecule has 0 fully saturated rings. The van der Waals surface area contributed by atoms with Gasteiger partial charge in [-0.3, -0.25) is 10.1 Å². The van der Waals surface area contributed by atoms with Crippen molar-refractivity contribution >= 4 is 11.4 Å². The van der Waals surface area contributed by atoms with Crippen LogP contribution in [0.2, 0.25) is 0 Å². The van der Waals surface area contributed by atoms with Gasteiger partial charge in [0.1, 0.15) is 6.10 Å². The number of anilines is 1. The molecule has 0 aliphatic carbocycles.